The quantitative estimate of drug-likeness (QED) is 0.451. The molecule has 0 bridgehead atoms. The van der Waals surface area contributed by atoms with Crippen molar-refractivity contribution < 1.29 is 94.4 Å². The average molecular weight is 304 g/mol. The van der Waals surface area contributed by atoms with Crippen molar-refractivity contribution in [3.8, 4) is 0 Å². The van der Waals surface area contributed by atoms with Crippen molar-refractivity contribution >= 4 is 5.97 Å². The van der Waals surface area contributed by atoms with Crippen molar-refractivity contribution in [2.45, 2.75) is 6.18 Å². The van der Waals surface area contributed by atoms with Crippen molar-refractivity contribution in [1.29, 1.82) is 0 Å². The normalized spacial score (nSPS) is 6.58. The molecule has 0 spiro atoms. The smallest absolute Gasteiger partial charge is 1.00 e. The van der Waals surface area contributed by atoms with Gasteiger partial charge in [-0.3, -0.25) is 0 Å². The van der Waals surface area contributed by atoms with E-state index in [0.29, 0.717) is 0 Å². The van der Waals surface area contributed by atoms with Gasteiger partial charge in [-0.15, -0.1) is 0 Å². The first-order chi connectivity index (χ1) is 2.94. The number of hydrogen-bond acceptors (Lipinski definition) is 1. The van der Waals surface area contributed by atoms with Crippen molar-refractivity contribution in [2.24, 2.45) is 0 Å². The van der Waals surface area contributed by atoms with Gasteiger partial charge in [0, 0.05) is 0 Å². The van der Waals surface area contributed by atoms with E-state index in [1.165, 1.54) is 0 Å². The predicted molar refractivity (Wildman–Crippen MR) is 13.7 cm³/mol. The molecule has 0 aliphatic rings. The molecule has 0 radical (unpaired) electrons. The fourth-order valence-corrected chi connectivity index (χ4v) is 0. The van der Waals surface area contributed by atoms with Crippen LogP contribution in [0.5, 0.6) is 0 Å². The van der Waals surface area contributed by atoms with Crippen LogP contribution in [0.2, 0.25) is 0 Å². The Balaban J connectivity index is -0.0000000180. The molecule has 1 N–H and O–H groups in total. The fourth-order valence-electron chi connectivity index (χ4n) is 0. The second kappa shape index (κ2) is 14.6. The Bertz CT molecular complexity index is 98.8. The molecular formula is C2HCl4F3O2Ti. The number of carboxylic acids is 1. The van der Waals surface area contributed by atoms with E-state index >= 15 is 0 Å². The Morgan fingerprint density at radius 3 is 1.08 bits per heavy atom. The molecule has 10 heteroatoms. The van der Waals surface area contributed by atoms with E-state index in [9.17, 15) is 13.2 Å². The maximum Gasteiger partial charge on any atom is 4.00 e. The zero-order valence-corrected chi connectivity index (χ0v) is 9.59. The van der Waals surface area contributed by atoms with Crippen LogP contribution in [0.1, 0.15) is 0 Å². The van der Waals surface area contributed by atoms with Crippen LogP contribution in [0.3, 0.4) is 0 Å². The van der Waals surface area contributed by atoms with E-state index in [2.05, 4.69) is 0 Å². The van der Waals surface area contributed by atoms with Gasteiger partial charge in [0.25, 0.3) is 0 Å². The first-order valence-corrected chi connectivity index (χ1v) is 1.24. The number of carbonyl (C=O) groups is 1. The zero-order valence-electron chi connectivity index (χ0n) is 5.00. The van der Waals surface area contributed by atoms with Crippen molar-refractivity contribution in [3.05, 3.63) is 0 Å². The molecule has 0 aromatic heterocycles. The number of rotatable bonds is 0. The third kappa shape index (κ3) is 22.5. The summed E-state index contributed by atoms with van der Waals surface area (Å²) in [6.45, 7) is 0. The summed E-state index contributed by atoms with van der Waals surface area (Å²) in [5.74, 6) is -2.76. The third-order valence-corrected chi connectivity index (χ3v) is 0.243. The van der Waals surface area contributed by atoms with Gasteiger partial charge in [0.1, 0.15) is 0 Å². The Kier molecular flexibility index (Phi) is 46.4. The minimum absolute atomic E-state index is 0. The molecule has 0 amide bonds. The van der Waals surface area contributed by atoms with E-state index < -0.39 is 12.1 Å². The first kappa shape index (κ1) is 38.0. The Labute approximate surface area is 106 Å². The standard InChI is InChI=1S/C2HF3O2.4ClH.Ti/c3-2(4,5)1(6)7;;;;;/h(H,6,7);4*1H;/q;;;;;+4/p-4. The van der Waals surface area contributed by atoms with E-state index in [0.717, 1.165) is 0 Å². The summed E-state index contributed by atoms with van der Waals surface area (Å²) >= 11 is 0. The Morgan fingerprint density at radius 2 is 1.08 bits per heavy atom. The monoisotopic (exact) mass is 302 g/mol. The van der Waals surface area contributed by atoms with Crippen LogP contribution < -0.4 is 49.6 Å². The molecule has 0 rings (SSSR count). The maximum atomic E-state index is 10.6. The largest absolute Gasteiger partial charge is 4.00 e. The van der Waals surface area contributed by atoms with Crippen molar-refractivity contribution in [1.82, 2.24) is 0 Å². The van der Waals surface area contributed by atoms with Gasteiger partial charge in [-0.25, -0.2) is 4.79 Å². The molecule has 0 unspecified atom stereocenters. The van der Waals surface area contributed by atoms with Crippen LogP contribution in [0, 0.1) is 0 Å². The molecule has 0 heterocycles. The Morgan fingerprint density at radius 1 is 1.00 bits per heavy atom. The minimum atomic E-state index is -5.08. The minimum Gasteiger partial charge on any atom is -1.00 e. The summed E-state index contributed by atoms with van der Waals surface area (Å²) in [6, 6.07) is 0. The molecule has 0 saturated heterocycles. The van der Waals surface area contributed by atoms with Crippen LogP contribution >= 0.6 is 0 Å². The van der Waals surface area contributed by atoms with Crippen LogP contribution in [-0.4, -0.2) is 17.3 Å². The summed E-state index contributed by atoms with van der Waals surface area (Å²) in [6.07, 6.45) is -5.08. The van der Waals surface area contributed by atoms with Crippen molar-refractivity contribution in [3.63, 3.8) is 0 Å². The molecule has 0 aliphatic carbocycles. The molecule has 74 valence electrons. The van der Waals surface area contributed by atoms with Crippen LogP contribution in [0.15, 0.2) is 0 Å². The molecular weight excluding hydrogens is 303 g/mol. The fraction of sp³-hybridized carbons (Fsp3) is 0.500. The van der Waals surface area contributed by atoms with Gasteiger partial charge in [-0.1, -0.05) is 0 Å². The van der Waals surface area contributed by atoms with Gasteiger partial charge in [0.15, 0.2) is 0 Å². The molecule has 0 aliphatic heterocycles. The number of carboxylic acid groups (broad SMARTS) is 1. The van der Waals surface area contributed by atoms with Gasteiger partial charge in [-0.2, -0.15) is 13.2 Å². The second-order valence-electron chi connectivity index (χ2n) is 0.803. The molecule has 2 nitrogen and oxygen atoms in total. The summed E-state index contributed by atoms with van der Waals surface area (Å²) in [7, 11) is 0. The molecule has 0 atom stereocenters. The number of alkyl halides is 3. The topological polar surface area (TPSA) is 37.3 Å². The molecule has 0 aromatic carbocycles. The average Bonchev–Trinajstić information content (AvgIpc) is 1.31. The van der Waals surface area contributed by atoms with E-state index in [1.54, 1.807) is 0 Å². The Hall–Kier alpha value is 1.13. The van der Waals surface area contributed by atoms with Crippen LogP contribution in [0.4, 0.5) is 13.2 Å². The number of aliphatic carboxylic acids is 1. The van der Waals surface area contributed by atoms with Gasteiger partial charge in [0.2, 0.25) is 0 Å². The summed E-state index contributed by atoms with van der Waals surface area (Å²) in [4.78, 5) is 8.90. The van der Waals surface area contributed by atoms with E-state index in [4.69, 9.17) is 9.90 Å². The van der Waals surface area contributed by atoms with Gasteiger partial charge in [-0.05, 0) is 0 Å². The third-order valence-electron chi connectivity index (χ3n) is 0.243. The van der Waals surface area contributed by atoms with Crippen LogP contribution in [0.25, 0.3) is 0 Å². The second-order valence-corrected chi connectivity index (χ2v) is 0.803. The molecule has 12 heavy (non-hydrogen) atoms. The van der Waals surface area contributed by atoms with Crippen molar-refractivity contribution in [2.75, 3.05) is 0 Å². The summed E-state index contributed by atoms with van der Waals surface area (Å²) < 4.78 is 31.7. The SMILES string of the molecule is O=C(O)C(F)(F)F.[Cl-].[Cl-].[Cl-].[Cl-].[Ti+4]. The number of hydrogen-bond donors (Lipinski definition) is 1. The molecule has 0 fully saturated rings. The molecule has 0 saturated carbocycles. The van der Waals surface area contributed by atoms with Crippen LogP contribution in [-0.2, 0) is 26.5 Å². The molecule has 0 aromatic rings. The van der Waals surface area contributed by atoms with E-state index in [-0.39, 0.29) is 71.3 Å². The first-order valence-electron chi connectivity index (χ1n) is 1.24. The van der Waals surface area contributed by atoms with Gasteiger partial charge in [0.05, 0.1) is 0 Å². The number of halogens is 7. The van der Waals surface area contributed by atoms with Gasteiger partial charge >= 0.3 is 33.9 Å². The van der Waals surface area contributed by atoms with Gasteiger partial charge < -0.3 is 54.7 Å². The summed E-state index contributed by atoms with van der Waals surface area (Å²) in [5.41, 5.74) is 0. The van der Waals surface area contributed by atoms with E-state index in [1.807, 2.05) is 0 Å². The maximum absolute atomic E-state index is 10.6. The zero-order chi connectivity index (χ0) is 6.08. The predicted octanol–water partition coefficient (Wildman–Crippen LogP) is -11.4. The summed E-state index contributed by atoms with van der Waals surface area (Å²) in [5, 5.41) is 7.12.